The van der Waals surface area contributed by atoms with Gasteiger partial charge in [-0.05, 0) is 27.2 Å². The lowest BCUT2D eigenvalue weighted by atomic mass is 9.72. The SMILES string of the molecule is C#C[C@@H]1OC(C)C(C)(CC)[C@H]2OC(C)(C)O[C@@H]12. The van der Waals surface area contributed by atoms with Crippen molar-refractivity contribution < 1.29 is 14.2 Å². The lowest BCUT2D eigenvalue weighted by molar-refractivity contribution is -0.178. The summed E-state index contributed by atoms with van der Waals surface area (Å²) in [5, 5.41) is 0. The summed E-state index contributed by atoms with van der Waals surface area (Å²) in [6.45, 7) is 10.3. The van der Waals surface area contributed by atoms with E-state index < -0.39 is 5.79 Å². The summed E-state index contributed by atoms with van der Waals surface area (Å²) >= 11 is 0. The number of fused-ring (bicyclic) bond motifs is 1. The first kappa shape index (κ1) is 12.9. The molecule has 2 heterocycles. The summed E-state index contributed by atoms with van der Waals surface area (Å²) in [4.78, 5) is 0. The second-order valence-corrected chi connectivity index (χ2v) is 5.75. The van der Waals surface area contributed by atoms with Gasteiger partial charge in [-0.3, -0.25) is 0 Å². The molecule has 0 radical (unpaired) electrons. The van der Waals surface area contributed by atoms with Crippen molar-refractivity contribution in [3.8, 4) is 12.3 Å². The van der Waals surface area contributed by atoms with Gasteiger partial charge >= 0.3 is 0 Å². The Kier molecular flexibility index (Phi) is 3.02. The van der Waals surface area contributed by atoms with Gasteiger partial charge < -0.3 is 14.2 Å². The number of terminal acetylenes is 1. The van der Waals surface area contributed by atoms with E-state index in [-0.39, 0.29) is 29.8 Å². The van der Waals surface area contributed by atoms with Gasteiger partial charge in [0.2, 0.25) is 0 Å². The molecule has 0 aromatic carbocycles. The zero-order valence-corrected chi connectivity index (χ0v) is 11.3. The van der Waals surface area contributed by atoms with Gasteiger partial charge in [0.1, 0.15) is 12.2 Å². The fourth-order valence-corrected chi connectivity index (χ4v) is 2.83. The van der Waals surface area contributed by atoms with Crippen LogP contribution in [0.1, 0.15) is 41.0 Å². The number of ether oxygens (including phenoxy) is 3. The zero-order chi connectivity index (χ0) is 12.8. The van der Waals surface area contributed by atoms with Gasteiger partial charge in [-0.1, -0.05) is 19.8 Å². The molecule has 2 saturated heterocycles. The first-order chi connectivity index (χ1) is 7.84. The molecule has 0 aromatic heterocycles. The number of rotatable bonds is 1. The Bertz CT molecular complexity index is 344. The van der Waals surface area contributed by atoms with Gasteiger partial charge in [-0.25, -0.2) is 0 Å². The van der Waals surface area contributed by atoms with Crippen LogP contribution in [0.2, 0.25) is 0 Å². The molecule has 0 N–H and O–H groups in total. The van der Waals surface area contributed by atoms with Crippen LogP contribution in [0.25, 0.3) is 0 Å². The van der Waals surface area contributed by atoms with Gasteiger partial charge in [0, 0.05) is 5.41 Å². The van der Waals surface area contributed by atoms with Crippen molar-refractivity contribution in [1.82, 2.24) is 0 Å². The Morgan fingerprint density at radius 1 is 1.24 bits per heavy atom. The molecule has 0 aromatic rings. The van der Waals surface area contributed by atoms with E-state index in [4.69, 9.17) is 20.6 Å². The van der Waals surface area contributed by atoms with Crippen LogP contribution in [0.4, 0.5) is 0 Å². The molecule has 17 heavy (non-hydrogen) atoms. The van der Waals surface area contributed by atoms with Crippen LogP contribution in [0, 0.1) is 17.8 Å². The minimum absolute atomic E-state index is 0.00676. The average molecular weight is 238 g/mol. The predicted octanol–water partition coefficient (Wildman–Crippen LogP) is 2.34. The van der Waals surface area contributed by atoms with E-state index in [1.54, 1.807) is 0 Å². The van der Waals surface area contributed by atoms with E-state index in [0.29, 0.717) is 0 Å². The first-order valence-corrected chi connectivity index (χ1v) is 6.31. The summed E-state index contributed by atoms with van der Waals surface area (Å²) in [7, 11) is 0. The zero-order valence-electron chi connectivity index (χ0n) is 11.3. The second-order valence-electron chi connectivity index (χ2n) is 5.75. The molecule has 0 bridgehead atoms. The third-order valence-electron chi connectivity index (χ3n) is 4.28. The fourth-order valence-electron chi connectivity index (χ4n) is 2.83. The number of hydrogen-bond donors (Lipinski definition) is 0. The maximum Gasteiger partial charge on any atom is 0.163 e. The van der Waals surface area contributed by atoms with Gasteiger partial charge in [0.25, 0.3) is 0 Å². The normalized spacial score (nSPS) is 48.5. The molecular weight excluding hydrogens is 216 g/mol. The van der Waals surface area contributed by atoms with Crippen LogP contribution in [-0.4, -0.2) is 30.2 Å². The number of hydrogen-bond acceptors (Lipinski definition) is 3. The van der Waals surface area contributed by atoms with Gasteiger partial charge in [-0.2, -0.15) is 0 Å². The maximum absolute atomic E-state index is 6.06. The highest BCUT2D eigenvalue weighted by molar-refractivity contribution is 5.11. The molecule has 3 nitrogen and oxygen atoms in total. The summed E-state index contributed by atoms with van der Waals surface area (Å²) in [5.74, 6) is 2.10. The molecule has 0 amide bonds. The van der Waals surface area contributed by atoms with Gasteiger partial charge in [-0.15, -0.1) is 6.42 Å². The van der Waals surface area contributed by atoms with Crippen molar-refractivity contribution in [3.63, 3.8) is 0 Å². The fraction of sp³-hybridized carbons (Fsp3) is 0.857. The van der Waals surface area contributed by atoms with Gasteiger partial charge in [0.05, 0.1) is 12.2 Å². The molecule has 0 spiro atoms. The minimum atomic E-state index is -0.575. The molecule has 2 aliphatic heterocycles. The minimum Gasteiger partial charge on any atom is -0.359 e. The molecule has 3 heteroatoms. The van der Waals surface area contributed by atoms with E-state index in [1.807, 2.05) is 13.8 Å². The smallest absolute Gasteiger partial charge is 0.163 e. The van der Waals surface area contributed by atoms with Crippen molar-refractivity contribution in [2.45, 2.75) is 71.2 Å². The lowest BCUT2D eigenvalue weighted by Gasteiger charge is -2.47. The molecule has 96 valence electrons. The molecular formula is C14H22O3. The van der Waals surface area contributed by atoms with Crippen molar-refractivity contribution in [2.24, 2.45) is 5.41 Å². The van der Waals surface area contributed by atoms with Gasteiger partial charge in [0.15, 0.2) is 5.79 Å². The quantitative estimate of drug-likeness (QED) is 0.656. The van der Waals surface area contributed by atoms with Crippen molar-refractivity contribution in [2.75, 3.05) is 0 Å². The van der Waals surface area contributed by atoms with Crippen LogP contribution in [0.3, 0.4) is 0 Å². The van der Waals surface area contributed by atoms with Crippen molar-refractivity contribution in [3.05, 3.63) is 0 Å². The molecule has 5 atom stereocenters. The Morgan fingerprint density at radius 2 is 1.88 bits per heavy atom. The topological polar surface area (TPSA) is 27.7 Å². The molecule has 2 unspecified atom stereocenters. The highest BCUT2D eigenvalue weighted by atomic mass is 16.8. The van der Waals surface area contributed by atoms with E-state index in [0.717, 1.165) is 6.42 Å². The second kappa shape index (κ2) is 3.98. The standard InChI is InChI=1S/C14H22O3/c1-7-10-11-12(17-13(4,5)16-11)14(6,8-2)9(3)15-10/h1,9-12H,8H2,2-6H3/t9?,10-,11-,12-,14?/m0/s1. The van der Waals surface area contributed by atoms with Crippen LogP contribution in [0.15, 0.2) is 0 Å². The van der Waals surface area contributed by atoms with Crippen LogP contribution in [-0.2, 0) is 14.2 Å². The van der Waals surface area contributed by atoms with Crippen LogP contribution < -0.4 is 0 Å². The largest absolute Gasteiger partial charge is 0.359 e. The Balaban J connectivity index is 2.35. The summed E-state index contributed by atoms with van der Waals surface area (Å²) in [6.07, 6.45) is 6.13. The predicted molar refractivity (Wildman–Crippen MR) is 65.4 cm³/mol. The molecule has 0 aliphatic carbocycles. The Morgan fingerprint density at radius 3 is 2.41 bits per heavy atom. The molecule has 2 rings (SSSR count). The third kappa shape index (κ3) is 1.89. The van der Waals surface area contributed by atoms with E-state index >= 15 is 0 Å². The third-order valence-corrected chi connectivity index (χ3v) is 4.28. The average Bonchev–Trinajstić information content (AvgIpc) is 2.60. The Hall–Kier alpha value is -0.560. The summed E-state index contributed by atoms with van der Waals surface area (Å²) in [6, 6.07) is 0. The highest BCUT2D eigenvalue weighted by Gasteiger charge is 2.58. The Labute approximate surface area is 104 Å². The van der Waals surface area contributed by atoms with E-state index in [9.17, 15) is 0 Å². The highest BCUT2D eigenvalue weighted by Crippen LogP contribution is 2.48. The first-order valence-electron chi connectivity index (χ1n) is 6.31. The van der Waals surface area contributed by atoms with Crippen LogP contribution >= 0.6 is 0 Å². The maximum atomic E-state index is 6.06. The summed E-state index contributed by atoms with van der Waals surface area (Å²) in [5.41, 5.74) is -0.0498. The van der Waals surface area contributed by atoms with Crippen molar-refractivity contribution >= 4 is 0 Å². The van der Waals surface area contributed by atoms with Crippen LogP contribution in [0.5, 0.6) is 0 Å². The van der Waals surface area contributed by atoms with E-state index in [2.05, 4.69) is 26.7 Å². The lowest BCUT2D eigenvalue weighted by Crippen LogP contribution is -2.57. The van der Waals surface area contributed by atoms with Crippen molar-refractivity contribution in [1.29, 1.82) is 0 Å². The summed E-state index contributed by atoms with van der Waals surface area (Å²) < 4.78 is 17.9. The monoisotopic (exact) mass is 238 g/mol. The van der Waals surface area contributed by atoms with E-state index in [1.165, 1.54) is 0 Å². The molecule has 2 aliphatic rings. The molecule has 0 saturated carbocycles. The molecule has 2 fully saturated rings.